The Bertz CT molecular complexity index is 650. The monoisotopic (exact) mass is 262 g/mol. The summed E-state index contributed by atoms with van der Waals surface area (Å²) >= 11 is 0. The first-order chi connectivity index (χ1) is 8.97. The van der Waals surface area contributed by atoms with Crippen LogP contribution in [-0.2, 0) is 7.05 Å². The molecule has 2 aromatic rings. The van der Waals surface area contributed by atoms with Crippen LogP contribution in [0.2, 0.25) is 0 Å². The van der Waals surface area contributed by atoms with E-state index in [1.807, 2.05) is 0 Å². The van der Waals surface area contributed by atoms with E-state index in [0.717, 1.165) is 6.07 Å². The number of non-ortho nitro benzene ring substituents is 1. The van der Waals surface area contributed by atoms with Gasteiger partial charge in [0.05, 0.1) is 28.4 Å². The highest BCUT2D eigenvalue weighted by Crippen LogP contribution is 2.28. The number of carbonyl (C=O) groups excluding carboxylic acids is 1. The lowest BCUT2D eigenvalue weighted by atomic mass is 10.2. The van der Waals surface area contributed by atoms with Gasteiger partial charge in [-0.3, -0.25) is 19.6 Å². The number of hydrogen-bond acceptors (Lipinski definition) is 5. The summed E-state index contributed by atoms with van der Waals surface area (Å²) in [5.41, 5.74) is 0.164. The summed E-state index contributed by atoms with van der Waals surface area (Å²) in [6.45, 7) is 0. The van der Waals surface area contributed by atoms with Gasteiger partial charge in [0.15, 0.2) is 0 Å². The van der Waals surface area contributed by atoms with Crippen LogP contribution in [0.3, 0.4) is 0 Å². The Morgan fingerprint density at radius 2 is 2.26 bits per heavy atom. The lowest BCUT2D eigenvalue weighted by Crippen LogP contribution is -2.11. The van der Waals surface area contributed by atoms with Gasteiger partial charge in [-0.15, -0.1) is 0 Å². The number of amides is 1. The number of nitrogens with one attached hydrogen (secondary N) is 1. The second-order valence-electron chi connectivity index (χ2n) is 3.82. The van der Waals surface area contributed by atoms with Crippen LogP contribution in [0.25, 0.3) is 0 Å². The van der Waals surface area contributed by atoms with Crippen LogP contribution in [0.5, 0.6) is 5.75 Å². The zero-order valence-corrected chi connectivity index (χ0v) is 9.90. The Labute approximate surface area is 107 Å². The van der Waals surface area contributed by atoms with Crippen molar-refractivity contribution >= 4 is 17.3 Å². The SMILES string of the molecule is Cn1cc(C(=O)Nc2ccc([N+](=O)[O-])cc2O)cn1. The molecule has 0 aliphatic heterocycles. The fourth-order valence-electron chi connectivity index (χ4n) is 1.47. The number of aromatic hydroxyl groups is 1. The van der Waals surface area contributed by atoms with E-state index in [4.69, 9.17) is 0 Å². The van der Waals surface area contributed by atoms with Crippen molar-refractivity contribution in [1.29, 1.82) is 0 Å². The highest BCUT2D eigenvalue weighted by Gasteiger charge is 2.13. The minimum Gasteiger partial charge on any atom is -0.506 e. The van der Waals surface area contributed by atoms with Crippen molar-refractivity contribution < 1.29 is 14.8 Å². The number of carbonyl (C=O) groups is 1. The topological polar surface area (TPSA) is 110 Å². The Kier molecular flexibility index (Phi) is 3.15. The summed E-state index contributed by atoms with van der Waals surface area (Å²) < 4.78 is 1.46. The van der Waals surface area contributed by atoms with Gasteiger partial charge < -0.3 is 10.4 Å². The predicted octanol–water partition coefficient (Wildman–Crippen LogP) is 1.29. The van der Waals surface area contributed by atoms with E-state index in [1.165, 1.54) is 29.2 Å². The van der Waals surface area contributed by atoms with Crippen LogP contribution in [0, 0.1) is 10.1 Å². The number of nitrogens with zero attached hydrogens (tertiary/aromatic N) is 3. The van der Waals surface area contributed by atoms with Crippen molar-refractivity contribution in [2.24, 2.45) is 7.05 Å². The zero-order chi connectivity index (χ0) is 14.0. The Morgan fingerprint density at radius 1 is 1.53 bits per heavy atom. The third-order valence-electron chi connectivity index (χ3n) is 2.41. The fraction of sp³-hybridized carbons (Fsp3) is 0.0909. The van der Waals surface area contributed by atoms with Gasteiger partial charge in [0.25, 0.3) is 11.6 Å². The molecule has 0 radical (unpaired) electrons. The second-order valence-corrected chi connectivity index (χ2v) is 3.82. The molecule has 0 bridgehead atoms. The molecule has 8 nitrogen and oxygen atoms in total. The molecule has 0 saturated heterocycles. The summed E-state index contributed by atoms with van der Waals surface area (Å²) in [6, 6.07) is 3.43. The molecule has 0 aliphatic rings. The Morgan fingerprint density at radius 3 is 2.79 bits per heavy atom. The van der Waals surface area contributed by atoms with E-state index in [9.17, 15) is 20.0 Å². The average Bonchev–Trinajstić information content (AvgIpc) is 2.78. The van der Waals surface area contributed by atoms with E-state index in [0.29, 0.717) is 5.56 Å². The van der Waals surface area contributed by atoms with Gasteiger partial charge >= 0.3 is 0 Å². The molecule has 2 rings (SSSR count). The summed E-state index contributed by atoms with van der Waals surface area (Å²) in [6.07, 6.45) is 2.88. The number of phenolic OH excluding ortho intramolecular Hbond substituents is 1. The largest absolute Gasteiger partial charge is 0.506 e. The first-order valence-electron chi connectivity index (χ1n) is 5.25. The van der Waals surface area contributed by atoms with Gasteiger partial charge in [0.2, 0.25) is 0 Å². The van der Waals surface area contributed by atoms with Crippen LogP contribution in [0.15, 0.2) is 30.6 Å². The number of phenols is 1. The fourth-order valence-corrected chi connectivity index (χ4v) is 1.47. The maximum atomic E-state index is 11.8. The predicted molar refractivity (Wildman–Crippen MR) is 65.9 cm³/mol. The zero-order valence-electron chi connectivity index (χ0n) is 9.90. The lowest BCUT2D eigenvalue weighted by Gasteiger charge is -2.05. The van der Waals surface area contributed by atoms with Crippen LogP contribution >= 0.6 is 0 Å². The second kappa shape index (κ2) is 4.77. The molecule has 98 valence electrons. The van der Waals surface area contributed by atoms with Crippen LogP contribution in [-0.4, -0.2) is 25.7 Å². The van der Waals surface area contributed by atoms with Crippen LogP contribution in [0.1, 0.15) is 10.4 Å². The molecule has 0 saturated carbocycles. The summed E-state index contributed by atoms with van der Waals surface area (Å²) in [7, 11) is 1.67. The highest BCUT2D eigenvalue weighted by molar-refractivity contribution is 6.04. The number of nitro benzene ring substituents is 1. The number of aromatic nitrogens is 2. The quantitative estimate of drug-likeness (QED) is 0.492. The molecule has 0 unspecified atom stereocenters. The lowest BCUT2D eigenvalue weighted by molar-refractivity contribution is -0.384. The smallest absolute Gasteiger partial charge is 0.273 e. The third-order valence-corrected chi connectivity index (χ3v) is 2.41. The average molecular weight is 262 g/mol. The van der Waals surface area contributed by atoms with Gasteiger partial charge in [-0.25, -0.2) is 0 Å². The number of aryl methyl sites for hydroxylation is 1. The van der Waals surface area contributed by atoms with Gasteiger partial charge in [-0.1, -0.05) is 0 Å². The number of rotatable bonds is 3. The van der Waals surface area contributed by atoms with Crippen molar-refractivity contribution in [3.05, 3.63) is 46.3 Å². The Hall–Kier alpha value is -2.90. The highest BCUT2D eigenvalue weighted by atomic mass is 16.6. The maximum Gasteiger partial charge on any atom is 0.273 e. The van der Waals surface area contributed by atoms with Crippen LogP contribution < -0.4 is 5.32 Å². The van der Waals surface area contributed by atoms with Gasteiger partial charge in [0.1, 0.15) is 5.75 Å². The molecule has 0 aliphatic carbocycles. The summed E-state index contributed by atoms with van der Waals surface area (Å²) in [4.78, 5) is 21.7. The van der Waals surface area contributed by atoms with Crippen molar-refractivity contribution in [3.63, 3.8) is 0 Å². The van der Waals surface area contributed by atoms with Crippen molar-refractivity contribution in [1.82, 2.24) is 9.78 Å². The van der Waals surface area contributed by atoms with E-state index in [1.54, 1.807) is 7.05 Å². The molecule has 2 N–H and O–H groups in total. The van der Waals surface area contributed by atoms with Gasteiger partial charge in [-0.05, 0) is 6.07 Å². The number of nitro groups is 1. The summed E-state index contributed by atoms with van der Waals surface area (Å²) in [5, 5.41) is 26.4. The number of anilines is 1. The first kappa shape index (κ1) is 12.6. The molecule has 1 aromatic carbocycles. The normalized spacial score (nSPS) is 10.2. The molecule has 19 heavy (non-hydrogen) atoms. The van der Waals surface area contributed by atoms with Crippen molar-refractivity contribution in [3.8, 4) is 5.75 Å². The molecule has 1 amide bonds. The standard InChI is InChI=1S/C11H10N4O4/c1-14-6-7(5-12-14)11(17)13-9-3-2-8(15(18)19)4-10(9)16/h2-6,16H,1H3,(H,13,17). The Balaban J connectivity index is 2.20. The summed E-state index contributed by atoms with van der Waals surface area (Å²) in [5.74, 6) is -0.830. The number of benzene rings is 1. The van der Waals surface area contributed by atoms with E-state index >= 15 is 0 Å². The molecular formula is C11H10N4O4. The maximum absolute atomic E-state index is 11.8. The van der Waals surface area contributed by atoms with Gasteiger partial charge in [-0.2, -0.15) is 5.10 Å². The first-order valence-corrected chi connectivity index (χ1v) is 5.25. The van der Waals surface area contributed by atoms with Crippen LogP contribution in [0.4, 0.5) is 11.4 Å². The third kappa shape index (κ3) is 2.68. The minimum absolute atomic E-state index is 0.0967. The number of hydrogen-bond donors (Lipinski definition) is 2. The van der Waals surface area contributed by atoms with Crippen molar-refractivity contribution in [2.75, 3.05) is 5.32 Å². The molecule has 0 fully saturated rings. The van der Waals surface area contributed by atoms with E-state index in [-0.39, 0.29) is 17.1 Å². The molecule has 1 heterocycles. The molecule has 0 spiro atoms. The minimum atomic E-state index is -0.633. The molecule has 1 aromatic heterocycles. The van der Waals surface area contributed by atoms with E-state index in [2.05, 4.69) is 10.4 Å². The molecule has 8 heteroatoms. The van der Waals surface area contributed by atoms with Crippen molar-refractivity contribution in [2.45, 2.75) is 0 Å². The van der Waals surface area contributed by atoms with Gasteiger partial charge in [0, 0.05) is 19.3 Å². The molecule has 0 atom stereocenters. The van der Waals surface area contributed by atoms with E-state index < -0.39 is 10.8 Å². The molecular weight excluding hydrogens is 252 g/mol.